The fourth-order valence-electron chi connectivity index (χ4n) is 0.635. The van der Waals surface area contributed by atoms with Crippen molar-refractivity contribution in [1.29, 1.82) is 0 Å². The minimum atomic E-state index is 0.183. The van der Waals surface area contributed by atoms with Crippen molar-refractivity contribution in [2.24, 2.45) is 10.4 Å². The molecule has 0 aromatic carbocycles. The number of ether oxygens (including phenoxy) is 1. The molecule has 0 saturated heterocycles. The lowest BCUT2D eigenvalue weighted by molar-refractivity contribution is 0.186. The minimum absolute atomic E-state index is 0.183. The Kier molecular flexibility index (Phi) is 4.34. The maximum Gasteiger partial charge on any atom is 0.0701 e. The third-order valence-corrected chi connectivity index (χ3v) is 1.12. The monoisotopic (exact) mass is 157 g/mol. The summed E-state index contributed by atoms with van der Waals surface area (Å²) in [7, 11) is 1.70. The molecule has 0 spiro atoms. The van der Waals surface area contributed by atoms with E-state index in [0.29, 0.717) is 6.61 Å². The minimum Gasteiger partial charge on any atom is -0.382 e. The molecule has 66 valence electrons. The molecular weight excluding hydrogens is 138 g/mol. The second-order valence-corrected chi connectivity index (χ2v) is 3.95. The quantitative estimate of drug-likeness (QED) is 0.575. The van der Waals surface area contributed by atoms with Crippen molar-refractivity contribution in [3.63, 3.8) is 0 Å². The standard InChI is InChI=1S/C9H19NO/c1-8(6-11-5)10-7-9(2,3)4/h7-8H,6H2,1-5H3/t8-/m0/s1. The second-order valence-electron chi connectivity index (χ2n) is 3.95. The van der Waals surface area contributed by atoms with Crippen LogP contribution in [0.5, 0.6) is 0 Å². The van der Waals surface area contributed by atoms with E-state index in [1.54, 1.807) is 7.11 Å². The van der Waals surface area contributed by atoms with E-state index in [4.69, 9.17) is 4.74 Å². The summed E-state index contributed by atoms with van der Waals surface area (Å²) in [6.45, 7) is 9.15. The van der Waals surface area contributed by atoms with E-state index in [1.807, 2.05) is 13.1 Å². The molecule has 0 aliphatic carbocycles. The summed E-state index contributed by atoms with van der Waals surface area (Å²) in [5, 5.41) is 0. The van der Waals surface area contributed by atoms with Crippen LogP contribution in [0.4, 0.5) is 0 Å². The molecule has 0 rings (SSSR count). The van der Waals surface area contributed by atoms with Crippen LogP contribution in [0.2, 0.25) is 0 Å². The SMILES string of the molecule is COC[C@H](C)N=CC(C)(C)C. The van der Waals surface area contributed by atoms with Crippen molar-refractivity contribution in [1.82, 2.24) is 0 Å². The normalized spacial score (nSPS) is 15.7. The van der Waals surface area contributed by atoms with Gasteiger partial charge in [0.1, 0.15) is 0 Å². The molecule has 2 heteroatoms. The number of nitrogens with zero attached hydrogens (tertiary/aromatic N) is 1. The molecule has 2 nitrogen and oxygen atoms in total. The smallest absolute Gasteiger partial charge is 0.0701 e. The van der Waals surface area contributed by atoms with Gasteiger partial charge in [0, 0.05) is 13.3 Å². The third kappa shape index (κ3) is 7.53. The predicted octanol–water partition coefficient (Wildman–Crippen LogP) is 2.14. The Morgan fingerprint density at radius 2 is 2.00 bits per heavy atom. The summed E-state index contributed by atoms with van der Waals surface area (Å²) in [4.78, 5) is 4.34. The zero-order valence-corrected chi connectivity index (χ0v) is 8.22. The van der Waals surface area contributed by atoms with Crippen molar-refractivity contribution in [2.75, 3.05) is 13.7 Å². The summed E-state index contributed by atoms with van der Waals surface area (Å²) < 4.78 is 4.96. The molecule has 0 aromatic heterocycles. The van der Waals surface area contributed by atoms with Crippen LogP contribution in [0, 0.1) is 5.41 Å². The lowest BCUT2D eigenvalue weighted by atomic mass is 9.99. The largest absolute Gasteiger partial charge is 0.382 e. The molecule has 0 amide bonds. The van der Waals surface area contributed by atoms with Crippen LogP contribution in [0.25, 0.3) is 0 Å². The highest BCUT2D eigenvalue weighted by molar-refractivity contribution is 5.64. The first-order valence-corrected chi connectivity index (χ1v) is 3.99. The van der Waals surface area contributed by atoms with Gasteiger partial charge in [-0.3, -0.25) is 4.99 Å². The number of aliphatic imine (C=N–C) groups is 1. The van der Waals surface area contributed by atoms with Crippen LogP contribution in [0.15, 0.2) is 4.99 Å². The Hall–Kier alpha value is -0.370. The van der Waals surface area contributed by atoms with E-state index in [2.05, 4.69) is 25.8 Å². The first-order valence-electron chi connectivity index (χ1n) is 3.99. The average Bonchev–Trinajstić information content (AvgIpc) is 1.83. The van der Waals surface area contributed by atoms with Gasteiger partial charge < -0.3 is 4.74 Å². The van der Waals surface area contributed by atoms with Crippen LogP contribution in [0.1, 0.15) is 27.7 Å². The molecule has 0 unspecified atom stereocenters. The molecule has 11 heavy (non-hydrogen) atoms. The molecule has 0 saturated carbocycles. The topological polar surface area (TPSA) is 21.6 Å². The molecule has 0 aliphatic heterocycles. The number of methoxy groups -OCH3 is 1. The van der Waals surface area contributed by atoms with Gasteiger partial charge in [-0.05, 0) is 12.3 Å². The molecular formula is C9H19NO. The summed E-state index contributed by atoms with van der Waals surface area (Å²) in [5.74, 6) is 0. The molecule has 1 atom stereocenters. The zero-order chi connectivity index (χ0) is 8.91. The predicted molar refractivity (Wildman–Crippen MR) is 49.3 cm³/mol. The van der Waals surface area contributed by atoms with Crippen molar-refractivity contribution < 1.29 is 4.74 Å². The van der Waals surface area contributed by atoms with E-state index in [9.17, 15) is 0 Å². The lowest BCUT2D eigenvalue weighted by Crippen LogP contribution is -2.12. The van der Waals surface area contributed by atoms with Crippen LogP contribution in [-0.2, 0) is 4.74 Å². The van der Waals surface area contributed by atoms with E-state index < -0.39 is 0 Å². The lowest BCUT2D eigenvalue weighted by Gasteiger charge is -2.12. The van der Waals surface area contributed by atoms with E-state index in [1.165, 1.54) is 0 Å². The van der Waals surface area contributed by atoms with Crippen LogP contribution in [0.3, 0.4) is 0 Å². The highest BCUT2D eigenvalue weighted by Gasteiger charge is 2.05. The Morgan fingerprint density at radius 1 is 1.45 bits per heavy atom. The molecule has 0 aliphatic rings. The highest BCUT2D eigenvalue weighted by atomic mass is 16.5. The first kappa shape index (κ1) is 10.6. The summed E-state index contributed by atoms with van der Waals surface area (Å²) in [6.07, 6.45) is 1.98. The summed E-state index contributed by atoms with van der Waals surface area (Å²) in [5.41, 5.74) is 0.183. The van der Waals surface area contributed by atoms with Crippen molar-refractivity contribution >= 4 is 6.21 Å². The first-order chi connectivity index (χ1) is 4.95. The van der Waals surface area contributed by atoms with Gasteiger partial charge in [0.2, 0.25) is 0 Å². The molecule has 0 aromatic rings. The van der Waals surface area contributed by atoms with Crippen molar-refractivity contribution in [2.45, 2.75) is 33.7 Å². The average molecular weight is 157 g/mol. The van der Waals surface area contributed by atoms with Gasteiger partial charge in [-0.25, -0.2) is 0 Å². The maximum absolute atomic E-state index is 4.96. The Labute approximate surface area is 69.7 Å². The van der Waals surface area contributed by atoms with Gasteiger partial charge in [0.25, 0.3) is 0 Å². The molecule has 0 radical (unpaired) electrons. The Morgan fingerprint density at radius 3 is 2.36 bits per heavy atom. The summed E-state index contributed by atoms with van der Waals surface area (Å²) in [6, 6.07) is 0.277. The summed E-state index contributed by atoms with van der Waals surface area (Å²) >= 11 is 0. The zero-order valence-electron chi connectivity index (χ0n) is 8.22. The van der Waals surface area contributed by atoms with E-state index in [0.717, 1.165) is 0 Å². The van der Waals surface area contributed by atoms with Crippen LogP contribution in [-0.4, -0.2) is 26.0 Å². The third-order valence-electron chi connectivity index (χ3n) is 1.12. The second kappa shape index (κ2) is 4.50. The highest BCUT2D eigenvalue weighted by Crippen LogP contribution is 2.08. The Balaban J connectivity index is 3.73. The van der Waals surface area contributed by atoms with Gasteiger partial charge >= 0.3 is 0 Å². The number of rotatable bonds is 3. The van der Waals surface area contributed by atoms with E-state index >= 15 is 0 Å². The molecule has 0 fully saturated rings. The fourth-order valence-corrected chi connectivity index (χ4v) is 0.635. The molecule has 0 heterocycles. The van der Waals surface area contributed by atoms with Gasteiger partial charge in [0.05, 0.1) is 12.6 Å². The van der Waals surface area contributed by atoms with Crippen molar-refractivity contribution in [3.05, 3.63) is 0 Å². The van der Waals surface area contributed by atoms with Gasteiger partial charge in [-0.2, -0.15) is 0 Å². The number of hydrogen-bond acceptors (Lipinski definition) is 2. The fraction of sp³-hybridized carbons (Fsp3) is 0.889. The van der Waals surface area contributed by atoms with E-state index in [-0.39, 0.29) is 11.5 Å². The van der Waals surface area contributed by atoms with Crippen LogP contribution < -0.4 is 0 Å². The molecule has 0 bridgehead atoms. The molecule has 0 N–H and O–H groups in total. The maximum atomic E-state index is 4.96. The van der Waals surface area contributed by atoms with Gasteiger partial charge in [-0.1, -0.05) is 20.8 Å². The Bertz CT molecular complexity index is 124. The van der Waals surface area contributed by atoms with Gasteiger partial charge in [-0.15, -0.1) is 0 Å². The number of hydrogen-bond donors (Lipinski definition) is 0. The van der Waals surface area contributed by atoms with Crippen molar-refractivity contribution in [3.8, 4) is 0 Å². The van der Waals surface area contributed by atoms with Crippen LogP contribution >= 0.6 is 0 Å². The van der Waals surface area contributed by atoms with Gasteiger partial charge in [0.15, 0.2) is 0 Å².